The highest BCUT2D eigenvalue weighted by molar-refractivity contribution is 6.41. The van der Waals surface area contributed by atoms with Gasteiger partial charge in [-0.25, -0.2) is 0 Å². The van der Waals surface area contributed by atoms with Crippen LogP contribution >= 0.6 is 34.8 Å². The van der Waals surface area contributed by atoms with Crippen molar-refractivity contribution >= 4 is 46.4 Å². The number of benzene rings is 1. The van der Waals surface area contributed by atoms with Crippen LogP contribution in [0.25, 0.3) is 0 Å². The van der Waals surface area contributed by atoms with Crippen molar-refractivity contribution in [2.45, 2.75) is 25.7 Å². The maximum Gasteiger partial charge on any atom is 0.258 e. The van der Waals surface area contributed by atoms with E-state index in [9.17, 15) is 10.1 Å². The number of halogens is 3. The van der Waals surface area contributed by atoms with Crippen LogP contribution in [-0.4, -0.2) is 5.91 Å². The molecule has 2 rings (SSSR count). The molecule has 1 amide bonds. The number of nitrogens with zero attached hydrogens (tertiary/aromatic N) is 1. The molecule has 0 unspecified atom stereocenters. The molecule has 20 heavy (non-hydrogen) atoms. The summed E-state index contributed by atoms with van der Waals surface area (Å²) in [5, 5.41) is 10.2. The number of hydrogen-bond acceptors (Lipinski definition) is 3. The Morgan fingerprint density at radius 2 is 1.75 bits per heavy atom. The van der Waals surface area contributed by atoms with Gasteiger partial charge in [0.1, 0.15) is 5.41 Å². The summed E-state index contributed by atoms with van der Waals surface area (Å²) in [6, 6.07) is 5.14. The van der Waals surface area contributed by atoms with Crippen molar-refractivity contribution in [1.29, 1.82) is 5.26 Å². The maximum absolute atomic E-state index is 12.2. The quantitative estimate of drug-likeness (QED) is 0.816. The Bertz CT molecular complexity index is 554. The molecule has 2 N–H and O–H groups in total. The SMILES string of the molecule is N#CC1(C(=O)NNc2c(Cl)cc(Cl)cc2Cl)CCCC1. The van der Waals surface area contributed by atoms with Crippen LogP contribution in [0.1, 0.15) is 25.7 Å². The molecule has 0 heterocycles. The van der Waals surface area contributed by atoms with Crippen LogP contribution in [0.3, 0.4) is 0 Å². The van der Waals surface area contributed by atoms with Crippen molar-refractivity contribution in [1.82, 2.24) is 5.43 Å². The molecular formula is C13H12Cl3N3O. The Balaban J connectivity index is 2.10. The molecule has 1 aliphatic carbocycles. The number of anilines is 1. The second kappa shape index (κ2) is 6.09. The molecule has 0 spiro atoms. The molecule has 0 aromatic heterocycles. The van der Waals surface area contributed by atoms with Crippen LogP contribution < -0.4 is 10.9 Å². The highest BCUT2D eigenvalue weighted by atomic mass is 35.5. The first-order chi connectivity index (χ1) is 9.48. The molecule has 1 aromatic carbocycles. The molecule has 7 heteroatoms. The smallest absolute Gasteiger partial charge is 0.258 e. The number of nitrogens with one attached hydrogen (secondary N) is 2. The number of nitriles is 1. The lowest BCUT2D eigenvalue weighted by atomic mass is 9.87. The van der Waals surface area contributed by atoms with E-state index in [-0.39, 0.29) is 5.91 Å². The molecule has 0 radical (unpaired) electrons. The molecule has 0 saturated heterocycles. The Hall–Kier alpha value is -1.15. The number of carbonyl (C=O) groups is 1. The molecular weight excluding hydrogens is 321 g/mol. The summed E-state index contributed by atoms with van der Waals surface area (Å²) in [6.45, 7) is 0. The summed E-state index contributed by atoms with van der Waals surface area (Å²) in [5.41, 5.74) is 4.58. The Labute approximate surface area is 132 Å². The number of rotatable bonds is 3. The minimum absolute atomic E-state index is 0.292. The second-order valence-corrected chi connectivity index (χ2v) is 5.98. The van der Waals surface area contributed by atoms with Gasteiger partial charge in [-0.2, -0.15) is 5.26 Å². The van der Waals surface area contributed by atoms with Crippen LogP contribution in [0, 0.1) is 16.7 Å². The topological polar surface area (TPSA) is 64.9 Å². The van der Waals surface area contributed by atoms with Gasteiger partial charge in [-0.1, -0.05) is 47.6 Å². The fourth-order valence-electron chi connectivity index (χ4n) is 2.27. The number of amides is 1. The van der Waals surface area contributed by atoms with Gasteiger partial charge in [0.15, 0.2) is 0 Å². The van der Waals surface area contributed by atoms with Gasteiger partial charge < -0.3 is 0 Å². The van der Waals surface area contributed by atoms with Crippen molar-refractivity contribution in [3.05, 3.63) is 27.2 Å². The van der Waals surface area contributed by atoms with E-state index >= 15 is 0 Å². The van der Waals surface area contributed by atoms with Crippen molar-refractivity contribution in [2.75, 3.05) is 5.43 Å². The van der Waals surface area contributed by atoms with Crippen molar-refractivity contribution in [2.24, 2.45) is 5.41 Å². The molecule has 106 valence electrons. The summed E-state index contributed by atoms with van der Waals surface area (Å²) in [4.78, 5) is 12.2. The van der Waals surface area contributed by atoms with Crippen LogP contribution in [0.15, 0.2) is 12.1 Å². The van der Waals surface area contributed by atoms with Crippen LogP contribution in [-0.2, 0) is 4.79 Å². The summed E-state index contributed by atoms with van der Waals surface area (Å²) in [6.07, 6.45) is 2.89. The van der Waals surface area contributed by atoms with Gasteiger partial charge >= 0.3 is 0 Å². The summed E-state index contributed by atoms with van der Waals surface area (Å²) in [5.74, 6) is -0.361. The zero-order chi connectivity index (χ0) is 14.8. The Kier molecular flexibility index (Phi) is 4.64. The minimum atomic E-state index is -0.960. The highest BCUT2D eigenvalue weighted by Crippen LogP contribution is 2.38. The lowest BCUT2D eigenvalue weighted by Gasteiger charge is -2.20. The Morgan fingerprint density at radius 3 is 2.25 bits per heavy atom. The molecule has 0 aliphatic heterocycles. The molecule has 1 aromatic rings. The predicted octanol–water partition coefficient (Wildman–Crippen LogP) is 4.17. The van der Waals surface area contributed by atoms with Crippen molar-refractivity contribution in [3.8, 4) is 6.07 Å². The van der Waals surface area contributed by atoms with Gasteiger partial charge in [-0.15, -0.1) is 0 Å². The van der Waals surface area contributed by atoms with Gasteiger partial charge in [0, 0.05) is 5.02 Å². The van der Waals surface area contributed by atoms with E-state index in [0.29, 0.717) is 33.6 Å². The van der Waals surface area contributed by atoms with E-state index in [0.717, 1.165) is 12.8 Å². The summed E-state index contributed by atoms with van der Waals surface area (Å²) < 4.78 is 0. The zero-order valence-electron chi connectivity index (χ0n) is 10.5. The predicted molar refractivity (Wildman–Crippen MR) is 79.8 cm³/mol. The molecule has 1 aliphatic rings. The number of hydrazine groups is 1. The lowest BCUT2D eigenvalue weighted by Crippen LogP contribution is -2.41. The normalized spacial score (nSPS) is 16.5. The van der Waals surface area contributed by atoms with E-state index in [4.69, 9.17) is 34.8 Å². The number of hydrogen-bond donors (Lipinski definition) is 2. The standard InChI is InChI=1S/C13H12Cl3N3O/c14-8-5-9(15)11(10(16)6-8)18-19-12(20)13(7-17)3-1-2-4-13/h5-6,18H,1-4H2,(H,19,20). The first kappa shape index (κ1) is 15.2. The third-order valence-electron chi connectivity index (χ3n) is 3.41. The third-order valence-corrected chi connectivity index (χ3v) is 4.23. The molecule has 0 atom stereocenters. The third kappa shape index (κ3) is 2.95. The van der Waals surface area contributed by atoms with Crippen LogP contribution in [0.2, 0.25) is 15.1 Å². The number of carbonyl (C=O) groups excluding carboxylic acids is 1. The summed E-state index contributed by atoms with van der Waals surface area (Å²) >= 11 is 17.8. The second-order valence-electron chi connectivity index (χ2n) is 4.72. The lowest BCUT2D eigenvalue weighted by molar-refractivity contribution is -0.127. The van der Waals surface area contributed by atoms with Gasteiger partial charge in [-0.3, -0.25) is 15.6 Å². The molecule has 0 bridgehead atoms. The zero-order valence-corrected chi connectivity index (χ0v) is 12.7. The monoisotopic (exact) mass is 331 g/mol. The van der Waals surface area contributed by atoms with E-state index in [2.05, 4.69) is 16.9 Å². The van der Waals surface area contributed by atoms with Crippen LogP contribution in [0.5, 0.6) is 0 Å². The average molecular weight is 333 g/mol. The van der Waals surface area contributed by atoms with E-state index in [1.807, 2.05) is 0 Å². The molecule has 1 fully saturated rings. The first-order valence-electron chi connectivity index (χ1n) is 6.11. The van der Waals surface area contributed by atoms with Gasteiger partial charge in [0.25, 0.3) is 5.91 Å². The summed E-state index contributed by atoms with van der Waals surface area (Å²) in [7, 11) is 0. The van der Waals surface area contributed by atoms with Crippen molar-refractivity contribution in [3.63, 3.8) is 0 Å². The van der Waals surface area contributed by atoms with Gasteiger partial charge in [0.2, 0.25) is 0 Å². The van der Waals surface area contributed by atoms with Crippen LogP contribution in [0.4, 0.5) is 5.69 Å². The Morgan fingerprint density at radius 1 is 1.20 bits per heavy atom. The maximum atomic E-state index is 12.2. The van der Waals surface area contributed by atoms with E-state index in [1.54, 1.807) is 0 Å². The average Bonchev–Trinajstić information content (AvgIpc) is 2.87. The largest absolute Gasteiger partial charge is 0.296 e. The fraction of sp³-hybridized carbons (Fsp3) is 0.385. The van der Waals surface area contributed by atoms with Gasteiger partial charge in [-0.05, 0) is 25.0 Å². The molecule has 4 nitrogen and oxygen atoms in total. The van der Waals surface area contributed by atoms with Crippen molar-refractivity contribution < 1.29 is 4.79 Å². The van der Waals surface area contributed by atoms with Gasteiger partial charge in [0.05, 0.1) is 21.8 Å². The fourth-order valence-corrected chi connectivity index (χ4v) is 3.18. The minimum Gasteiger partial charge on any atom is -0.296 e. The highest BCUT2D eigenvalue weighted by Gasteiger charge is 2.41. The molecule has 1 saturated carbocycles. The first-order valence-corrected chi connectivity index (χ1v) is 7.24. The van der Waals surface area contributed by atoms with E-state index < -0.39 is 5.41 Å². The van der Waals surface area contributed by atoms with E-state index in [1.165, 1.54) is 12.1 Å².